The van der Waals surface area contributed by atoms with Crippen LogP contribution in [0.1, 0.15) is 73.4 Å². The van der Waals surface area contributed by atoms with Gasteiger partial charge in [-0.25, -0.2) is 0 Å². The van der Waals surface area contributed by atoms with Crippen molar-refractivity contribution in [3.05, 3.63) is 53.6 Å². The number of rotatable bonds is 16. The molecule has 1 unspecified atom stereocenters. The van der Waals surface area contributed by atoms with Gasteiger partial charge in [0.25, 0.3) is 0 Å². The summed E-state index contributed by atoms with van der Waals surface area (Å²) in [6.07, 6.45) is 4.84. The predicted octanol–water partition coefficient (Wildman–Crippen LogP) is 5.02. The maximum Gasteiger partial charge on any atom is 0.162 e. The highest BCUT2D eigenvalue weighted by molar-refractivity contribution is 5.96. The molecule has 0 aromatic heterocycles. The molecule has 2 aromatic rings. The number of hydrogen-bond donors (Lipinski definition) is 1. The molecule has 0 amide bonds. The maximum absolute atomic E-state index is 13.1. The van der Waals surface area contributed by atoms with Crippen LogP contribution in [0.25, 0.3) is 0 Å². The van der Waals surface area contributed by atoms with Gasteiger partial charge in [0.2, 0.25) is 0 Å². The zero-order chi connectivity index (χ0) is 28.3. The molecular formula is C32H43NO7. The van der Waals surface area contributed by atoms with E-state index in [1.165, 1.54) is 0 Å². The van der Waals surface area contributed by atoms with E-state index < -0.39 is 6.10 Å². The summed E-state index contributed by atoms with van der Waals surface area (Å²) in [6, 6.07) is 13.0. The van der Waals surface area contributed by atoms with Gasteiger partial charge < -0.3 is 24.1 Å². The van der Waals surface area contributed by atoms with E-state index in [0.717, 1.165) is 50.0 Å². The lowest BCUT2D eigenvalue weighted by Gasteiger charge is -2.31. The minimum absolute atomic E-state index is 0.104. The van der Waals surface area contributed by atoms with E-state index in [9.17, 15) is 14.7 Å². The second-order valence-corrected chi connectivity index (χ2v) is 10.8. The molecule has 1 fully saturated rings. The lowest BCUT2D eigenvalue weighted by atomic mass is 9.89. The van der Waals surface area contributed by atoms with Crippen LogP contribution in [-0.2, 0) is 9.53 Å². The van der Waals surface area contributed by atoms with Crippen LogP contribution in [0.15, 0.2) is 42.5 Å². The summed E-state index contributed by atoms with van der Waals surface area (Å²) >= 11 is 0. The van der Waals surface area contributed by atoms with Gasteiger partial charge in [-0.05, 0) is 74.2 Å². The number of aliphatic hydroxyl groups is 1. The Morgan fingerprint density at radius 1 is 1.00 bits per heavy atom. The Labute approximate surface area is 237 Å². The van der Waals surface area contributed by atoms with Gasteiger partial charge >= 0.3 is 0 Å². The van der Waals surface area contributed by atoms with Crippen molar-refractivity contribution in [1.29, 1.82) is 0 Å². The summed E-state index contributed by atoms with van der Waals surface area (Å²) < 4.78 is 21.9. The van der Waals surface area contributed by atoms with E-state index in [-0.39, 0.29) is 17.5 Å². The molecule has 0 radical (unpaired) electrons. The largest absolute Gasteiger partial charge is 0.497 e. The van der Waals surface area contributed by atoms with Crippen molar-refractivity contribution in [2.75, 3.05) is 47.1 Å². The molecule has 2 aliphatic rings. The molecule has 0 saturated carbocycles. The van der Waals surface area contributed by atoms with Gasteiger partial charge in [-0.2, -0.15) is 0 Å². The molecule has 3 atom stereocenters. The average Bonchev–Trinajstić information content (AvgIpc) is 3.42. The number of carbonyl (C=O) groups is 2. The summed E-state index contributed by atoms with van der Waals surface area (Å²) in [6.45, 7) is 3.21. The van der Waals surface area contributed by atoms with E-state index in [0.29, 0.717) is 68.7 Å². The fourth-order valence-electron chi connectivity index (χ4n) is 5.71. The monoisotopic (exact) mass is 553 g/mol. The molecule has 2 aromatic carbocycles. The quantitative estimate of drug-likeness (QED) is 0.229. The number of likely N-dealkylation sites (tertiary alicyclic amines) is 1. The topological polar surface area (TPSA) is 94.5 Å². The standard InChI is InChI=1S/C32H43NO7/c1-37-22-26-7-6-16-33(26)21-25(32(36)24-12-15-30-31(20-24)40-18-17-39-30)19-27(34)8-4-3-5-9-29(35)23-10-13-28(38-2)14-11-23/h10-15,20,25-26,32,36H,3-9,16-19,21-22H2,1-2H3/t25-,26?,32+/m1/s1. The number of fused-ring (bicyclic) bond motifs is 1. The highest BCUT2D eigenvalue weighted by Gasteiger charge is 2.32. The van der Waals surface area contributed by atoms with Crippen molar-refractivity contribution in [2.24, 2.45) is 5.92 Å². The van der Waals surface area contributed by atoms with Gasteiger partial charge in [0.15, 0.2) is 17.3 Å². The van der Waals surface area contributed by atoms with Gasteiger partial charge in [-0.3, -0.25) is 14.5 Å². The van der Waals surface area contributed by atoms with E-state index in [2.05, 4.69) is 4.90 Å². The van der Waals surface area contributed by atoms with Gasteiger partial charge in [0.05, 0.1) is 19.8 Å². The average molecular weight is 554 g/mol. The molecule has 40 heavy (non-hydrogen) atoms. The smallest absolute Gasteiger partial charge is 0.162 e. The van der Waals surface area contributed by atoms with Crippen molar-refractivity contribution in [3.63, 3.8) is 0 Å². The third-order valence-electron chi connectivity index (χ3n) is 7.94. The van der Waals surface area contributed by atoms with Crippen LogP contribution in [0.2, 0.25) is 0 Å². The Bertz CT molecular complexity index is 1100. The van der Waals surface area contributed by atoms with Crippen LogP contribution in [-0.4, -0.2) is 74.7 Å². The Balaban J connectivity index is 1.30. The molecule has 0 spiro atoms. The molecular weight excluding hydrogens is 510 g/mol. The number of nitrogens with zero attached hydrogens (tertiary/aromatic N) is 1. The SMILES string of the molecule is COCC1CCCN1C[C@@H](CC(=O)CCCCCC(=O)c1ccc(OC)cc1)[C@@H](O)c1ccc2c(c1)OCCO2. The van der Waals surface area contributed by atoms with Gasteiger partial charge in [-0.1, -0.05) is 12.5 Å². The number of Topliss-reactive ketones (excluding diaryl/α,β-unsaturated/α-hetero) is 2. The number of benzene rings is 2. The van der Waals surface area contributed by atoms with Crippen molar-refractivity contribution < 1.29 is 33.6 Å². The molecule has 1 saturated heterocycles. The first-order valence-corrected chi connectivity index (χ1v) is 14.5. The van der Waals surface area contributed by atoms with Crippen molar-refractivity contribution in [3.8, 4) is 17.2 Å². The molecule has 218 valence electrons. The Morgan fingerprint density at radius 3 is 2.50 bits per heavy atom. The summed E-state index contributed by atoms with van der Waals surface area (Å²) in [5.41, 5.74) is 1.42. The van der Waals surface area contributed by atoms with Crippen molar-refractivity contribution in [1.82, 2.24) is 4.90 Å². The van der Waals surface area contributed by atoms with E-state index >= 15 is 0 Å². The van der Waals surface area contributed by atoms with Crippen LogP contribution in [0.4, 0.5) is 0 Å². The lowest BCUT2D eigenvalue weighted by molar-refractivity contribution is -0.121. The molecule has 4 rings (SSSR count). The number of carbonyl (C=O) groups excluding carboxylic acids is 2. The van der Waals surface area contributed by atoms with Gasteiger partial charge in [-0.15, -0.1) is 0 Å². The molecule has 1 N–H and O–H groups in total. The Morgan fingerprint density at radius 2 is 1.75 bits per heavy atom. The summed E-state index contributed by atoms with van der Waals surface area (Å²) in [4.78, 5) is 27.9. The minimum Gasteiger partial charge on any atom is -0.497 e. The van der Waals surface area contributed by atoms with Crippen LogP contribution in [0.3, 0.4) is 0 Å². The number of methoxy groups -OCH3 is 2. The number of ether oxygens (including phenoxy) is 4. The number of hydrogen-bond acceptors (Lipinski definition) is 8. The van der Waals surface area contributed by atoms with Crippen LogP contribution in [0.5, 0.6) is 17.2 Å². The molecule has 2 heterocycles. The minimum atomic E-state index is -0.800. The second-order valence-electron chi connectivity index (χ2n) is 10.8. The maximum atomic E-state index is 13.1. The third kappa shape index (κ3) is 8.29. The molecule has 8 heteroatoms. The first kappa shape index (κ1) is 30.0. The number of unbranched alkanes of at least 4 members (excludes halogenated alkanes) is 2. The number of aliphatic hydroxyl groups excluding tert-OH is 1. The van der Waals surface area contributed by atoms with Crippen molar-refractivity contribution >= 4 is 11.6 Å². The van der Waals surface area contributed by atoms with Crippen LogP contribution in [0, 0.1) is 5.92 Å². The fraction of sp³-hybridized carbons (Fsp3) is 0.562. The first-order valence-electron chi connectivity index (χ1n) is 14.5. The molecule has 0 aliphatic carbocycles. The fourth-order valence-corrected chi connectivity index (χ4v) is 5.71. The Kier molecular flexibility index (Phi) is 11.4. The van der Waals surface area contributed by atoms with Crippen LogP contribution < -0.4 is 14.2 Å². The third-order valence-corrected chi connectivity index (χ3v) is 7.94. The van der Waals surface area contributed by atoms with E-state index in [1.807, 2.05) is 18.2 Å². The Hall–Kier alpha value is -2.94. The second kappa shape index (κ2) is 15.2. The first-order chi connectivity index (χ1) is 19.5. The van der Waals surface area contributed by atoms with Crippen molar-refractivity contribution in [2.45, 2.75) is 63.5 Å². The summed E-state index contributed by atoms with van der Waals surface area (Å²) in [7, 11) is 3.32. The van der Waals surface area contributed by atoms with Crippen LogP contribution >= 0.6 is 0 Å². The molecule has 2 aliphatic heterocycles. The highest BCUT2D eigenvalue weighted by Crippen LogP contribution is 2.36. The summed E-state index contributed by atoms with van der Waals surface area (Å²) in [5, 5.41) is 11.5. The molecule has 0 bridgehead atoms. The zero-order valence-corrected chi connectivity index (χ0v) is 23.8. The number of ketones is 2. The lowest BCUT2D eigenvalue weighted by Crippen LogP contribution is -2.39. The van der Waals surface area contributed by atoms with E-state index in [4.69, 9.17) is 18.9 Å². The normalized spacial score (nSPS) is 18.3. The van der Waals surface area contributed by atoms with Gasteiger partial charge in [0, 0.05) is 50.4 Å². The highest BCUT2D eigenvalue weighted by atomic mass is 16.6. The van der Waals surface area contributed by atoms with Gasteiger partial charge in [0.1, 0.15) is 24.7 Å². The summed E-state index contributed by atoms with van der Waals surface area (Å²) in [5.74, 6) is 2.05. The van der Waals surface area contributed by atoms with E-state index in [1.54, 1.807) is 38.5 Å². The predicted molar refractivity (Wildman–Crippen MR) is 152 cm³/mol. The molecule has 8 nitrogen and oxygen atoms in total. The zero-order valence-electron chi connectivity index (χ0n) is 23.8.